The van der Waals surface area contributed by atoms with Crippen molar-refractivity contribution in [1.82, 2.24) is 14.8 Å². The van der Waals surface area contributed by atoms with Gasteiger partial charge in [-0.15, -0.1) is 0 Å². The van der Waals surface area contributed by atoms with Crippen LogP contribution in [-0.4, -0.2) is 78.7 Å². The Labute approximate surface area is 128 Å². The van der Waals surface area contributed by atoms with E-state index in [1.54, 1.807) is 41.2 Å². The van der Waals surface area contributed by atoms with Crippen LogP contribution in [0.5, 0.6) is 0 Å². The molecule has 1 unspecified atom stereocenters. The van der Waals surface area contributed by atoms with Crippen molar-refractivity contribution in [3.05, 3.63) is 30.1 Å². The van der Waals surface area contributed by atoms with Gasteiger partial charge in [-0.05, 0) is 12.1 Å². The van der Waals surface area contributed by atoms with Gasteiger partial charge < -0.3 is 19.3 Å². The van der Waals surface area contributed by atoms with Crippen LogP contribution in [0.1, 0.15) is 10.5 Å². The number of likely N-dealkylation sites (N-methyl/N-ethyl adjacent to an activating group) is 1. The SMILES string of the molecule is CN1CC2(COCC1=O)CN(C(=O)c1ccccn1)CCO2. The summed E-state index contributed by atoms with van der Waals surface area (Å²) in [7, 11) is 1.72. The van der Waals surface area contributed by atoms with E-state index in [1.807, 2.05) is 0 Å². The number of amides is 2. The smallest absolute Gasteiger partial charge is 0.272 e. The number of morpholine rings is 1. The van der Waals surface area contributed by atoms with Crippen molar-refractivity contribution in [3.63, 3.8) is 0 Å². The van der Waals surface area contributed by atoms with E-state index in [0.717, 1.165) is 0 Å². The van der Waals surface area contributed by atoms with Crippen LogP contribution in [0.3, 0.4) is 0 Å². The van der Waals surface area contributed by atoms with E-state index in [1.165, 1.54) is 0 Å². The maximum Gasteiger partial charge on any atom is 0.272 e. The zero-order chi connectivity index (χ0) is 15.6. The van der Waals surface area contributed by atoms with E-state index in [-0.39, 0.29) is 18.4 Å². The molecule has 1 aromatic heterocycles. The quantitative estimate of drug-likeness (QED) is 0.717. The summed E-state index contributed by atoms with van der Waals surface area (Å²) in [5.41, 5.74) is -0.248. The Morgan fingerprint density at radius 3 is 3.00 bits per heavy atom. The van der Waals surface area contributed by atoms with Gasteiger partial charge in [-0.2, -0.15) is 0 Å². The van der Waals surface area contributed by atoms with Gasteiger partial charge in [0.25, 0.3) is 5.91 Å². The molecule has 22 heavy (non-hydrogen) atoms. The van der Waals surface area contributed by atoms with Crippen molar-refractivity contribution in [2.75, 3.05) is 46.5 Å². The summed E-state index contributed by atoms with van der Waals surface area (Å²) < 4.78 is 11.3. The monoisotopic (exact) mass is 305 g/mol. The van der Waals surface area contributed by atoms with Crippen molar-refractivity contribution < 1.29 is 19.1 Å². The van der Waals surface area contributed by atoms with Gasteiger partial charge in [-0.3, -0.25) is 14.6 Å². The standard InChI is InChI=1S/C15H19N3O4/c1-17-9-15(11-21-8-13(17)19)10-18(6-7-22-15)14(20)12-4-2-3-5-16-12/h2-5H,6-11H2,1H3. The van der Waals surface area contributed by atoms with Crippen molar-refractivity contribution in [3.8, 4) is 0 Å². The molecule has 7 heteroatoms. The molecular weight excluding hydrogens is 286 g/mol. The van der Waals surface area contributed by atoms with Gasteiger partial charge in [0.05, 0.1) is 26.3 Å². The Hall–Kier alpha value is -1.99. The Morgan fingerprint density at radius 2 is 2.23 bits per heavy atom. The number of ether oxygens (including phenoxy) is 2. The molecule has 1 atom stereocenters. The average molecular weight is 305 g/mol. The third-order valence-electron chi connectivity index (χ3n) is 3.96. The maximum absolute atomic E-state index is 12.5. The van der Waals surface area contributed by atoms with E-state index < -0.39 is 5.60 Å². The van der Waals surface area contributed by atoms with Gasteiger partial charge in [0, 0.05) is 19.8 Å². The third kappa shape index (κ3) is 2.95. The Bertz CT molecular complexity index is 565. The second kappa shape index (κ2) is 6.02. The first-order valence-corrected chi connectivity index (χ1v) is 7.26. The molecule has 2 aliphatic rings. The van der Waals surface area contributed by atoms with Crippen LogP contribution in [0.25, 0.3) is 0 Å². The Morgan fingerprint density at radius 1 is 1.36 bits per heavy atom. The number of carbonyl (C=O) groups is 2. The summed E-state index contributed by atoms with van der Waals surface area (Å²) in [6.07, 6.45) is 1.60. The minimum atomic E-state index is -0.663. The molecule has 0 saturated carbocycles. The summed E-state index contributed by atoms with van der Waals surface area (Å²) in [5.74, 6) is -0.199. The highest BCUT2D eigenvalue weighted by atomic mass is 16.5. The van der Waals surface area contributed by atoms with Crippen LogP contribution in [-0.2, 0) is 14.3 Å². The van der Waals surface area contributed by atoms with E-state index in [4.69, 9.17) is 9.47 Å². The third-order valence-corrected chi connectivity index (χ3v) is 3.96. The second-order valence-electron chi connectivity index (χ2n) is 5.72. The fraction of sp³-hybridized carbons (Fsp3) is 0.533. The molecule has 1 spiro atoms. The molecule has 2 fully saturated rings. The van der Waals surface area contributed by atoms with Gasteiger partial charge in [-0.25, -0.2) is 0 Å². The Balaban J connectivity index is 1.76. The summed E-state index contributed by atoms with van der Waals surface area (Å²) in [6, 6.07) is 5.26. The highest BCUT2D eigenvalue weighted by molar-refractivity contribution is 5.92. The average Bonchev–Trinajstić information content (AvgIpc) is 2.67. The first kappa shape index (κ1) is 14.9. The molecular formula is C15H19N3O4. The number of aromatic nitrogens is 1. The summed E-state index contributed by atoms with van der Waals surface area (Å²) in [6.45, 7) is 2.08. The molecule has 7 nitrogen and oxygen atoms in total. The van der Waals surface area contributed by atoms with Crippen LogP contribution in [0.15, 0.2) is 24.4 Å². The number of pyridine rings is 1. The molecule has 3 rings (SSSR count). The van der Waals surface area contributed by atoms with Gasteiger partial charge in [0.1, 0.15) is 17.9 Å². The van der Waals surface area contributed by atoms with Crippen LogP contribution < -0.4 is 0 Å². The highest BCUT2D eigenvalue weighted by Gasteiger charge is 2.42. The molecule has 2 saturated heterocycles. The first-order chi connectivity index (χ1) is 10.6. The van der Waals surface area contributed by atoms with E-state index in [0.29, 0.717) is 38.5 Å². The van der Waals surface area contributed by atoms with Gasteiger partial charge in [0.15, 0.2) is 0 Å². The van der Waals surface area contributed by atoms with Crippen molar-refractivity contribution in [2.24, 2.45) is 0 Å². The minimum absolute atomic E-state index is 0.0514. The summed E-state index contributed by atoms with van der Waals surface area (Å²) >= 11 is 0. The zero-order valence-corrected chi connectivity index (χ0v) is 12.5. The molecule has 0 aromatic carbocycles. The minimum Gasteiger partial charge on any atom is -0.368 e. The van der Waals surface area contributed by atoms with Crippen LogP contribution in [0.4, 0.5) is 0 Å². The lowest BCUT2D eigenvalue weighted by atomic mass is 10.0. The van der Waals surface area contributed by atoms with Crippen LogP contribution in [0.2, 0.25) is 0 Å². The largest absolute Gasteiger partial charge is 0.368 e. The number of hydrogen-bond acceptors (Lipinski definition) is 5. The number of hydrogen-bond donors (Lipinski definition) is 0. The van der Waals surface area contributed by atoms with E-state index in [9.17, 15) is 9.59 Å². The van der Waals surface area contributed by atoms with E-state index in [2.05, 4.69) is 4.98 Å². The molecule has 1 aromatic rings. The van der Waals surface area contributed by atoms with Crippen molar-refractivity contribution >= 4 is 11.8 Å². The number of nitrogens with zero attached hydrogens (tertiary/aromatic N) is 3. The predicted molar refractivity (Wildman–Crippen MR) is 77.3 cm³/mol. The topological polar surface area (TPSA) is 72.0 Å². The molecule has 118 valence electrons. The fourth-order valence-electron chi connectivity index (χ4n) is 2.85. The van der Waals surface area contributed by atoms with Gasteiger partial charge in [-0.1, -0.05) is 6.07 Å². The Kier molecular flexibility index (Phi) is 4.08. The molecule has 0 N–H and O–H groups in total. The van der Waals surface area contributed by atoms with Crippen molar-refractivity contribution in [1.29, 1.82) is 0 Å². The van der Waals surface area contributed by atoms with Crippen LogP contribution >= 0.6 is 0 Å². The summed E-state index contributed by atoms with van der Waals surface area (Å²) in [5, 5.41) is 0. The zero-order valence-electron chi connectivity index (χ0n) is 12.5. The lowest BCUT2D eigenvalue weighted by molar-refractivity contribution is -0.135. The fourth-order valence-corrected chi connectivity index (χ4v) is 2.85. The van der Waals surface area contributed by atoms with Crippen molar-refractivity contribution in [2.45, 2.75) is 5.60 Å². The summed E-state index contributed by atoms with van der Waals surface area (Å²) in [4.78, 5) is 31.7. The maximum atomic E-state index is 12.5. The number of rotatable bonds is 1. The molecule has 2 amide bonds. The lowest BCUT2D eigenvalue weighted by Gasteiger charge is -2.42. The normalized spacial score (nSPS) is 26.1. The lowest BCUT2D eigenvalue weighted by Crippen LogP contribution is -2.59. The molecule has 0 bridgehead atoms. The molecule has 0 radical (unpaired) electrons. The first-order valence-electron chi connectivity index (χ1n) is 7.26. The molecule has 3 heterocycles. The predicted octanol–water partition coefficient (Wildman–Crippen LogP) is -0.219. The van der Waals surface area contributed by atoms with Gasteiger partial charge in [0.2, 0.25) is 5.91 Å². The second-order valence-corrected chi connectivity index (χ2v) is 5.72. The van der Waals surface area contributed by atoms with Gasteiger partial charge >= 0.3 is 0 Å². The van der Waals surface area contributed by atoms with E-state index >= 15 is 0 Å². The van der Waals surface area contributed by atoms with Crippen LogP contribution in [0, 0.1) is 0 Å². The molecule has 2 aliphatic heterocycles. The molecule has 0 aliphatic carbocycles. The highest BCUT2D eigenvalue weighted by Crippen LogP contribution is 2.23. The number of carbonyl (C=O) groups excluding carboxylic acids is 2.